The highest BCUT2D eigenvalue weighted by Gasteiger charge is 2.34. The first-order valence-electron chi connectivity index (χ1n) is 9.17. The SMILES string of the molecule is CC(C)N(Cc1ccnc(-c2cc(F)ccc2C(F)(F)F)c1)C(=O)c1cn(C)cn1. The quantitative estimate of drug-likeness (QED) is 0.563. The number of rotatable bonds is 5. The predicted molar refractivity (Wildman–Crippen MR) is 103 cm³/mol. The summed E-state index contributed by atoms with van der Waals surface area (Å²) < 4.78 is 55.4. The van der Waals surface area contributed by atoms with Gasteiger partial charge in [-0.15, -0.1) is 0 Å². The maximum Gasteiger partial charge on any atom is 0.417 e. The van der Waals surface area contributed by atoms with E-state index in [0.29, 0.717) is 11.6 Å². The van der Waals surface area contributed by atoms with E-state index in [0.717, 1.165) is 12.1 Å². The Bertz CT molecular complexity index is 1060. The molecule has 3 aromatic rings. The molecule has 0 saturated carbocycles. The molecular weight excluding hydrogens is 400 g/mol. The summed E-state index contributed by atoms with van der Waals surface area (Å²) in [6, 6.07) is 5.14. The van der Waals surface area contributed by atoms with Gasteiger partial charge >= 0.3 is 6.18 Å². The van der Waals surface area contributed by atoms with Gasteiger partial charge in [0.05, 0.1) is 17.6 Å². The highest BCUT2D eigenvalue weighted by Crippen LogP contribution is 2.37. The minimum Gasteiger partial charge on any atom is -0.340 e. The van der Waals surface area contributed by atoms with E-state index in [9.17, 15) is 22.4 Å². The number of imidazole rings is 1. The fourth-order valence-corrected chi connectivity index (χ4v) is 3.05. The van der Waals surface area contributed by atoms with E-state index in [1.807, 2.05) is 13.8 Å². The van der Waals surface area contributed by atoms with E-state index in [4.69, 9.17) is 0 Å². The lowest BCUT2D eigenvalue weighted by molar-refractivity contribution is -0.137. The third kappa shape index (κ3) is 4.67. The predicted octanol–water partition coefficient (Wildman–Crippen LogP) is 4.69. The summed E-state index contributed by atoms with van der Waals surface area (Å²) in [4.78, 5) is 22.4. The van der Waals surface area contributed by atoms with Gasteiger partial charge in [-0.3, -0.25) is 9.78 Å². The van der Waals surface area contributed by atoms with Crippen LogP contribution in [0.15, 0.2) is 49.1 Å². The van der Waals surface area contributed by atoms with E-state index in [1.54, 1.807) is 28.8 Å². The van der Waals surface area contributed by atoms with Crippen LogP contribution < -0.4 is 0 Å². The maximum atomic E-state index is 13.7. The van der Waals surface area contributed by atoms with Gasteiger partial charge < -0.3 is 9.47 Å². The van der Waals surface area contributed by atoms with Crippen molar-refractivity contribution in [3.63, 3.8) is 0 Å². The van der Waals surface area contributed by atoms with Crippen LogP contribution in [0.3, 0.4) is 0 Å². The third-order valence-electron chi connectivity index (χ3n) is 4.55. The molecule has 0 unspecified atom stereocenters. The Morgan fingerprint density at radius 1 is 1.17 bits per heavy atom. The van der Waals surface area contributed by atoms with E-state index in [2.05, 4.69) is 9.97 Å². The number of pyridine rings is 1. The first-order valence-corrected chi connectivity index (χ1v) is 9.17. The van der Waals surface area contributed by atoms with Crippen molar-refractivity contribution in [2.75, 3.05) is 0 Å². The summed E-state index contributed by atoms with van der Waals surface area (Å²) in [5.41, 5.74) is -0.510. The van der Waals surface area contributed by atoms with E-state index >= 15 is 0 Å². The van der Waals surface area contributed by atoms with Crippen molar-refractivity contribution in [2.45, 2.75) is 32.6 Å². The molecular formula is C21H20F4N4O. The summed E-state index contributed by atoms with van der Waals surface area (Å²) in [5, 5.41) is 0. The monoisotopic (exact) mass is 420 g/mol. The summed E-state index contributed by atoms with van der Waals surface area (Å²) in [6.45, 7) is 3.80. The molecule has 0 fully saturated rings. The number of carbonyl (C=O) groups excluding carboxylic acids is 1. The molecule has 0 atom stereocenters. The van der Waals surface area contributed by atoms with Crippen LogP contribution in [0.4, 0.5) is 17.6 Å². The first kappa shape index (κ1) is 21.5. The number of nitrogens with zero attached hydrogens (tertiary/aromatic N) is 4. The standard InChI is InChI=1S/C21H20F4N4O/c1-13(2)29(20(30)19-11-28(3)12-27-19)10-14-6-7-26-18(8-14)16-9-15(22)4-5-17(16)21(23,24)25/h4-9,11-13H,10H2,1-3H3. The number of halogens is 4. The summed E-state index contributed by atoms with van der Waals surface area (Å²) in [5.74, 6) is -1.09. The van der Waals surface area contributed by atoms with Crippen LogP contribution in [0, 0.1) is 5.82 Å². The van der Waals surface area contributed by atoms with Crippen LogP contribution in [0.5, 0.6) is 0 Å². The van der Waals surface area contributed by atoms with Crippen molar-refractivity contribution in [3.05, 3.63) is 71.7 Å². The zero-order valence-corrected chi connectivity index (χ0v) is 16.6. The number of aryl methyl sites for hydroxylation is 1. The van der Waals surface area contributed by atoms with E-state index in [-0.39, 0.29) is 35.4 Å². The first-order chi connectivity index (χ1) is 14.1. The maximum absolute atomic E-state index is 13.7. The molecule has 30 heavy (non-hydrogen) atoms. The number of aromatic nitrogens is 3. The Balaban J connectivity index is 1.96. The van der Waals surface area contributed by atoms with Gasteiger partial charge in [-0.05, 0) is 49.7 Å². The highest BCUT2D eigenvalue weighted by atomic mass is 19.4. The second kappa shape index (κ2) is 8.25. The summed E-state index contributed by atoms with van der Waals surface area (Å²) >= 11 is 0. The molecule has 0 aliphatic carbocycles. The van der Waals surface area contributed by atoms with Crippen molar-refractivity contribution < 1.29 is 22.4 Å². The number of hydrogen-bond donors (Lipinski definition) is 0. The molecule has 158 valence electrons. The molecule has 0 aliphatic heterocycles. The topological polar surface area (TPSA) is 51.0 Å². The molecule has 2 aromatic heterocycles. The fraction of sp³-hybridized carbons (Fsp3) is 0.286. The molecule has 0 saturated heterocycles. The second-order valence-corrected chi connectivity index (χ2v) is 7.19. The molecule has 0 spiro atoms. The summed E-state index contributed by atoms with van der Waals surface area (Å²) in [6.07, 6.45) is -0.198. The molecule has 1 aromatic carbocycles. The van der Waals surface area contributed by atoms with Crippen LogP contribution in [-0.4, -0.2) is 31.4 Å². The molecule has 2 heterocycles. The Kier molecular flexibility index (Phi) is 5.91. The average Bonchev–Trinajstić information content (AvgIpc) is 3.11. The van der Waals surface area contributed by atoms with Crippen LogP contribution >= 0.6 is 0 Å². The van der Waals surface area contributed by atoms with Crippen molar-refractivity contribution in [3.8, 4) is 11.3 Å². The fourth-order valence-electron chi connectivity index (χ4n) is 3.05. The van der Waals surface area contributed by atoms with Crippen LogP contribution in [0.1, 0.15) is 35.5 Å². The lowest BCUT2D eigenvalue weighted by Crippen LogP contribution is -2.36. The number of benzene rings is 1. The van der Waals surface area contributed by atoms with Crippen molar-refractivity contribution in [2.24, 2.45) is 7.05 Å². The highest BCUT2D eigenvalue weighted by molar-refractivity contribution is 5.92. The number of hydrogen-bond acceptors (Lipinski definition) is 3. The molecule has 0 radical (unpaired) electrons. The van der Waals surface area contributed by atoms with Gasteiger partial charge in [0.1, 0.15) is 11.5 Å². The zero-order chi connectivity index (χ0) is 22.1. The van der Waals surface area contributed by atoms with Crippen molar-refractivity contribution in [1.82, 2.24) is 19.4 Å². The minimum atomic E-state index is -4.65. The lowest BCUT2D eigenvalue weighted by atomic mass is 10.0. The van der Waals surface area contributed by atoms with Gasteiger partial charge in [0.15, 0.2) is 0 Å². The van der Waals surface area contributed by atoms with E-state index in [1.165, 1.54) is 18.6 Å². The molecule has 0 bridgehead atoms. The Morgan fingerprint density at radius 2 is 1.90 bits per heavy atom. The number of carbonyl (C=O) groups is 1. The smallest absolute Gasteiger partial charge is 0.340 e. The van der Waals surface area contributed by atoms with E-state index < -0.39 is 17.6 Å². The normalized spacial score (nSPS) is 11.7. The molecule has 9 heteroatoms. The molecule has 3 rings (SSSR count). The van der Waals surface area contributed by atoms with Gasteiger partial charge in [-0.2, -0.15) is 13.2 Å². The third-order valence-corrected chi connectivity index (χ3v) is 4.55. The molecule has 0 N–H and O–H groups in total. The molecule has 1 amide bonds. The van der Waals surface area contributed by atoms with Gasteiger partial charge in [0.2, 0.25) is 0 Å². The average molecular weight is 420 g/mol. The Hall–Kier alpha value is -3.23. The van der Waals surface area contributed by atoms with Crippen LogP contribution in [0.25, 0.3) is 11.3 Å². The molecule has 5 nitrogen and oxygen atoms in total. The van der Waals surface area contributed by atoms with Crippen molar-refractivity contribution >= 4 is 5.91 Å². The largest absolute Gasteiger partial charge is 0.417 e. The van der Waals surface area contributed by atoms with Gasteiger partial charge in [0.25, 0.3) is 5.91 Å². The van der Waals surface area contributed by atoms with Gasteiger partial charge in [-0.25, -0.2) is 9.37 Å². The van der Waals surface area contributed by atoms with Crippen LogP contribution in [0.2, 0.25) is 0 Å². The van der Waals surface area contributed by atoms with Gasteiger partial charge in [0, 0.05) is 37.6 Å². The lowest BCUT2D eigenvalue weighted by Gasteiger charge is -2.26. The minimum absolute atomic E-state index is 0.0201. The Morgan fingerprint density at radius 3 is 2.50 bits per heavy atom. The van der Waals surface area contributed by atoms with Gasteiger partial charge in [-0.1, -0.05) is 0 Å². The zero-order valence-electron chi connectivity index (χ0n) is 16.6. The van der Waals surface area contributed by atoms with Crippen LogP contribution in [-0.2, 0) is 19.8 Å². The van der Waals surface area contributed by atoms with Crippen molar-refractivity contribution in [1.29, 1.82) is 0 Å². The number of amides is 1. The number of alkyl halides is 3. The second-order valence-electron chi connectivity index (χ2n) is 7.19. The molecule has 0 aliphatic rings. The Labute approximate surface area is 171 Å². The summed E-state index contributed by atoms with van der Waals surface area (Å²) in [7, 11) is 1.75.